The van der Waals surface area contributed by atoms with Crippen LogP contribution in [0, 0.1) is 0 Å². The highest BCUT2D eigenvalue weighted by molar-refractivity contribution is 7.99. The summed E-state index contributed by atoms with van der Waals surface area (Å²) in [5.74, 6) is 0.861. The van der Waals surface area contributed by atoms with Gasteiger partial charge < -0.3 is 4.74 Å². The highest BCUT2D eigenvalue weighted by Crippen LogP contribution is 2.39. The summed E-state index contributed by atoms with van der Waals surface area (Å²) in [6.45, 7) is 0. The summed E-state index contributed by atoms with van der Waals surface area (Å²) in [6, 6.07) is 25.1. The van der Waals surface area contributed by atoms with Crippen molar-refractivity contribution in [3.63, 3.8) is 0 Å². The van der Waals surface area contributed by atoms with Gasteiger partial charge in [0.05, 0.1) is 7.11 Å². The summed E-state index contributed by atoms with van der Waals surface area (Å²) in [5.41, 5.74) is 1.83. The van der Waals surface area contributed by atoms with Crippen LogP contribution in [0.25, 0.3) is 0 Å². The lowest BCUT2D eigenvalue weighted by atomic mass is 10.0. The number of carbonyl (C=O) groups is 1. The number of hydrogen-bond acceptors (Lipinski definition) is 3. The topological polar surface area (TPSA) is 26.3 Å². The standard InChI is InChI=1S/C22H19ClO2S/c1-25-19-11-7-16(8-12-19)21(24)15-22(17-5-3-2-4-6-17)26-20-13-9-18(23)10-14-20/h2-14,22H,15H2,1H3/t22-/m1/s1. The van der Waals surface area contributed by atoms with Gasteiger partial charge in [0.1, 0.15) is 5.75 Å². The molecule has 0 N–H and O–H groups in total. The molecule has 3 aromatic carbocycles. The molecule has 0 unspecified atom stereocenters. The minimum atomic E-state index is 0.0342. The second-order valence-electron chi connectivity index (χ2n) is 5.83. The Hall–Kier alpha value is -2.23. The molecule has 0 aromatic heterocycles. The number of ether oxygens (including phenoxy) is 1. The second kappa shape index (κ2) is 8.93. The minimum Gasteiger partial charge on any atom is -0.497 e. The average molecular weight is 383 g/mol. The van der Waals surface area contributed by atoms with Gasteiger partial charge in [0, 0.05) is 27.2 Å². The number of carbonyl (C=O) groups excluding carboxylic acids is 1. The van der Waals surface area contributed by atoms with Crippen molar-refractivity contribution in [3.05, 3.63) is 95.0 Å². The molecule has 0 saturated carbocycles. The lowest BCUT2D eigenvalue weighted by Crippen LogP contribution is -2.05. The first-order valence-electron chi connectivity index (χ1n) is 8.30. The lowest BCUT2D eigenvalue weighted by molar-refractivity contribution is 0.0982. The van der Waals surface area contributed by atoms with E-state index in [1.165, 1.54) is 0 Å². The first-order valence-corrected chi connectivity index (χ1v) is 9.56. The number of rotatable bonds is 7. The maximum absolute atomic E-state index is 12.8. The van der Waals surface area contributed by atoms with Crippen molar-refractivity contribution in [2.75, 3.05) is 7.11 Å². The molecule has 0 aliphatic carbocycles. The van der Waals surface area contributed by atoms with Crippen molar-refractivity contribution < 1.29 is 9.53 Å². The summed E-state index contributed by atoms with van der Waals surface area (Å²) in [6.07, 6.45) is 0.420. The summed E-state index contributed by atoms with van der Waals surface area (Å²) < 4.78 is 5.16. The monoisotopic (exact) mass is 382 g/mol. The normalized spacial score (nSPS) is 11.8. The number of benzene rings is 3. The molecule has 26 heavy (non-hydrogen) atoms. The predicted octanol–water partition coefficient (Wildman–Crippen LogP) is 6.46. The Balaban J connectivity index is 1.80. The van der Waals surface area contributed by atoms with E-state index in [9.17, 15) is 4.79 Å². The van der Waals surface area contributed by atoms with Gasteiger partial charge in [-0.3, -0.25) is 4.79 Å². The fourth-order valence-electron chi connectivity index (χ4n) is 2.64. The number of Topliss-reactive ketones (excluding diaryl/α,β-unsaturated/α-hetero) is 1. The number of hydrogen-bond donors (Lipinski definition) is 0. The van der Waals surface area contributed by atoms with Crippen LogP contribution in [0.15, 0.2) is 83.8 Å². The predicted molar refractivity (Wildman–Crippen MR) is 108 cm³/mol. The molecule has 2 nitrogen and oxygen atoms in total. The third kappa shape index (κ3) is 4.90. The van der Waals surface area contributed by atoms with Crippen LogP contribution in [0.1, 0.15) is 27.6 Å². The van der Waals surface area contributed by atoms with E-state index in [0.717, 1.165) is 16.2 Å². The average Bonchev–Trinajstić information content (AvgIpc) is 2.70. The molecule has 0 aliphatic heterocycles. The zero-order chi connectivity index (χ0) is 18.4. The number of thioether (sulfide) groups is 1. The summed E-state index contributed by atoms with van der Waals surface area (Å²) in [7, 11) is 1.62. The molecule has 0 fully saturated rings. The molecule has 3 aromatic rings. The molecule has 0 heterocycles. The summed E-state index contributed by atoms with van der Waals surface area (Å²) in [4.78, 5) is 13.9. The molecule has 1 atom stereocenters. The Morgan fingerprint density at radius 2 is 1.62 bits per heavy atom. The van der Waals surface area contributed by atoms with E-state index in [4.69, 9.17) is 16.3 Å². The smallest absolute Gasteiger partial charge is 0.164 e. The van der Waals surface area contributed by atoms with E-state index < -0.39 is 0 Å². The van der Waals surface area contributed by atoms with Gasteiger partial charge in [-0.25, -0.2) is 0 Å². The van der Waals surface area contributed by atoms with Gasteiger partial charge in [0.2, 0.25) is 0 Å². The van der Waals surface area contributed by atoms with Crippen molar-refractivity contribution in [2.24, 2.45) is 0 Å². The van der Waals surface area contributed by atoms with E-state index in [1.807, 2.05) is 66.7 Å². The van der Waals surface area contributed by atoms with Gasteiger partial charge in [0.15, 0.2) is 5.78 Å². The van der Waals surface area contributed by atoms with Crippen LogP contribution in [-0.4, -0.2) is 12.9 Å². The molecule has 0 radical (unpaired) electrons. The Kier molecular flexibility index (Phi) is 6.37. The van der Waals surface area contributed by atoms with Gasteiger partial charge in [-0.05, 0) is 54.1 Å². The first kappa shape index (κ1) is 18.6. The van der Waals surface area contributed by atoms with E-state index in [-0.39, 0.29) is 11.0 Å². The quantitative estimate of drug-likeness (QED) is 0.346. The van der Waals surface area contributed by atoms with E-state index in [1.54, 1.807) is 18.9 Å². The molecular formula is C22H19ClO2S. The molecule has 132 valence electrons. The van der Waals surface area contributed by atoms with Crippen molar-refractivity contribution >= 4 is 29.1 Å². The van der Waals surface area contributed by atoms with Crippen molar-refractivity contribution in [2.45, 2.75) is 16.6 Å². The van der Waals surface area contributed by atoms with E-state index >= 15 is 0 Å². The fraction of sp³-hybridized carbons (Fsp3) is 0.136. The molecule has 0 bridgehead atoms. The maximum atomic E-state index is 12.8. The Labute approximate surface area is 163 Å². The minimum absolute atomic E-state index is 0.0342. The van der Waals surface area contributed by atoms with Gasteiger partial charge in [-0.1, -0.05) is 41.9 Å². The van der Waals surface area contributed by atoms with E-state index in [0.29, 0.717) is 17.0 Å². The van der Waals surface area contributed by atoms with Crippen molar-refractivity contribution in [3.8, 4) is 5.75 Å². The molecule has 0 aliphatic rings. The second-order valence-corrected chi connectivity index (χ2v) is 7.54. The van der Waals surface area contributed by atoms with Gasteiger partial charge in [-0.15, -0.1) is 11.8 Å². The van der Waals surface area contributed by atoms with Crippen LogP contribution in [0.2, 0.25) is 5.02 Å². The molecule has 0 saturated heterocycles. The maximum Gasteiger partial charge on any atom is 0.164 e. The SMILES string of the molecule is COc1ccc(C(=O)C[C@@H](Sc2ccc(Cl)cc2)c2ccccc2)cc1. The van der Waals surface area contributed by atoms with Gasteiger partial charge >= 0.3 is 0 Å². The van der Waals surface area contributed by atoms with Crippen LogP contribution < -0.4 is 4.74 Å². The lowest BCUT2D eigenvalue weighted by Gasteiger charge is -2.17. The Bertz CT molecular complexity index is 846. The van der Waals surface area contributed by atoms with Crippen LogP contribution in [0.5, 0.6) is 5.75 Å². The summed E-state index contributed by atoms with van der Waals surface area (Å²) >= 11 is 7.66. The van der Waals surface area contributed by atoms with Crippen molar-refractivity contribution in [1.82, 2.24) is 0 Å². The molecule has 4 heteroatoms. The molecule has 0 amide bonds. The van der Waals surface area contributed by atoms with Crippen LogP contribution in [0.3, 0.4) is 0 Å². The first-order chi connectivity index (χ1) is 12.7. The van der Waals surface area contributed by atoms with Crippen LogP contribution in [0.4, 0.5) is 0 Å². The number of halogens is 1. The van der Waals surface area contributed by atoms with Gasteiger partial charge in [0.25, 0.3) is 0 Å². The van der Waals surface area contributed by atoms with Crippen LogP contribution >= 0.6 is 23.4 Å². The van der Waals surface area contributed by atoms with Gasteiger partial charge in [-0.2, -0.15) is 0 Å². The zero-order valence-corrected chi connectivity index (χ0v) is 16.0. The highest BCUT2D eigenvalue weighted by Gasteiger charge is 2.18. The van der Waals surface area contributed by atoms with E-state index in [2.05, 4.69) is 12.1 Å². The molecule has 0 spiro atoms. The fourth-order valence-corrected chi connectivity index (χ4v) is 3.91. The van der Waals surface area contributed by atoms with Crippen LogP contribution in [-0.2, 0) is 0 Å². The largest absolute Gasteiger partial charge is 0.497 e. The molecular weight excluding hydrogens is 364 g/mol. The Morgan fingerprint density at radius 1 is 0.962 bits per heavy atom. The zero-order valence-electron chi connectivity index (χ0n) is 14.4. The third-order valence-corrected chi connectivity index (χ3v) is 5.57. The number of ketones is 1. The molecule has 3 rings (SSSR count). The highest BCUT2D eigenvalue weighted by atomic mass is 35.5. The Morgan fingerprint density at radius 3 is 2.23 bits per heavy atom. The number of methoxy groups -OCH3 is 1. The third-order valence-electron chi connectivity index (χ3n) is 4.05. The summed E-state index contributed by atoms with van der Waals surface area (Å²) in [5, 5.41) is 0.742. The van der Waals surface area contributed by atoms with Crippen molar-refractivity contribution in [1.29, 1.82) is 0 Å².